The van der Waals surface area contributed by atoms with Gasteiger partial charge in [0.15, 0.2) is 0 Å². The zero-order valence-electron chi connectivity index (χ0n) is 14.4. The van der Waals surface area contributed by atoms with E-state index in [0.29, 0.717) is 11.3 Å². The van der Waals surface area contributed by atoms with Crippen molar-refractivity contribution in [1.82, 2.24) is 10.2 Å². The van der Waals surface area contributed by atoms with Crippen molar-refractivity contribution in [3.05, 3.63) is 64.1 Å². The molecule has 2 aromatic rings. The number of anilines is 1. The number of likely N-dealkylation sites (tertiary alicyclic amines) is 1. The van der Waals surface area contributed by atoms with Crippen LogP contribution < -0.4 is 11.1 Å². The molecule has 142 valence electrons. The van der Waals surface area contributed by atoms with Crippen molar-refractivity contribution in [1.29, 1.82) is 0 Å². The molecule has 0 atom stereocenters. The van der Waals surface area contributed by atoms with E-state index in [9.17, 15) is 4.79 Å². The van der Waals surface area contributed by atoms with Crippen molar-refractivity contribution in [2.75, 3.05) is 18.8 Å². The summed E-state index contributed by atoms with van der Waals surface area (Å²) in [6.07, 6.45) is 1.95. The molecule has 0 unspecified atom stereocenters. The van der Waals surface area contributed by atoms with Gasteiger partial charge < -0.3 is 11.1 Å². The molecule has 3 rings (SSSR count). The van der Waals surface area contributed by atoms with E-state index < -0.39 is 0 Å². The van der Waals surface area contributed by atoms with Crippen LogP contribution in [0, 0.1) is 0 Å². The van der Waals surface area contributed by atoms with Gasteiger partial charge in [-0.25, -0.2) is 0 Å². The predicted molar refractivity (Wildman–Crippen MR) is 115 cm³/mol. The average Bonchev–Trinajstić information content (AvgIpc) is 2.59. The van der Waals surface area contributed by atoms with E-state index in [1.807, 2.05) is 6.07 Å². The van der Waals surface area contributed by atoms with Crippen molar-refractivity contribution in [3.63, 3.8) is 0 Å². The lowest BCUT2D eigenvalue weighted by Crippen LogP contribution is -2.44. The van der Waals surface area contributed by atoms with Crippen LogP contribution in [0.25, 0.3) is 0 Å². The highest BCUT2D eigenvalue weighted by Gasteiger charge is 2.21. The zero-order valence-corrected chi connectivity index (χ0v) is 17.6. The number of amides is 1. The van der Waals surface area contributed by atoms with E-state index >= 15 is 0 Å². The highest BCUT2D eigenvalue weighted by Crippen LogP contribution is 2.17. The average molecular weight is 461 g/mol. The summed E-state index contributed by atoms with van der Waals surface area (Å²) >= 11 is 3.46. The second kappa shape index (κ2) is 10.8. The maximum atomic E-state index is 12.3. The first-order valence-electron chi connectivity index (χ1n) is 8.23. The first-order valence-corrected chi connectivity index (χ1v) is 9.02. The Bertz CT molecular complexity index is 704. The maximum absolute atomic E-state index is 12.3. The van der Waals surface area contributed by atoms with Gasteiger partial charge >= 0.3 is 0 Å². The molecule has 1 aliphatic rings. The standard InChI is InChI=1S/C19H22BrN3O.2ClH/c20-16-6-4-14(5-7-16)13-23-10-8-18(9-11-23)22-19(24)15-2-1-3-17(21)12-15;;/h1-7,12,18H,8-11,13,21H2,(H,22,24);2*1H. The topological polar surface area (TPSA) is 58.4 Å². The molecule has 1 aliphatic heterocycles. The summed E-state index contributed by atoms with van der Waals surface area (Å²) in [5, 5.41) is 3.13. The fourth-order valence-corrected chi connectivity index (χ4v) is 3.30. The molecule has 1 amide bonds. The number of nitrogen functional groups attached to an aromatic ring is 1. The number of halogens is 3. The summed E-state index contributed by atoms with van der Waals surface area (Å²) in [6.45, 7) is 2.96. The maximum Gasteiger partial charge on any atom is 0.251 e. The van der Waals surface area contributed by atoms with Crippen LogP contribution in [0.2, 0.25) is 0 Å². The molecule has 0 aliphatic carbocycles. The van der Waals surface area contributed by atoms with Crippen LogP contribution in [-0.2, 0) is 6.54 Å². The van der Waals surface area contributed by atoms with Gasteiger partial charge in [0.25, 0.3) is 5.91 Å². The number of hydrogen-bond donors (Lipinski definition) is 2. The van der Waals surface area contributed by atoms with Gasteiger partial charge in [-0.3, -0.25) is 9.69 Å². The van der Waals surface area contributed by atoms with E-state index in [4.69, 9.17) is 5.73 Å². The molecule has 0 radical (unpaired) electrons. The Kier molecular flexibility index (Phi) is 9.44. The van der Waals surface area contributed by atoms with Crippen molar-refractivity contribution in [2.24, 2.45) is 0 Å². The Morgan fingerprint density at radius 2 is 1.77 bits per heavy atom. The van der Waals surface area contributed by atoms with Crippen LogP contribution in [0.4, 0.5) is 5.69 Å². The van der Waals surface area contributed by atoms with Gasteiger partial charge in [0, 0.05) is 41.4 Å². The summed E-state index contributed by atoms with van der Waals surface area (Å²) in [7, 11) is 0. The molecular weight excluding hydrogens is 437 g/mol. The third-order valence-electron chi connectivity index (χ3n) is 4.39. The highest BCUT2D eigenvalue weighted by molar-refractivity contribution is 9.10. The summed E-state index contributed by atoms with van der Waals surface area (Å²) in [5.74, 6) is -0.0336. The third-order valence-corrected chi connectivity index (χ3v) is 4.92. The fraction of sp³-hybridized carbons (Fsp3) is 0.316. The minimum Gasteiger partial charge on any atom is -0.399 e. The van der Waals surface area contributed by atoms with Gasteiger partial charge in [0.05, 0.1) is 0 Å². The summed E-state index contributed by atoms with van der Waals surface area (Å²) in [6, 6.07) is 15.8. The van der Waals surface area contributed by atoms with Gasteiger partial charge in [0.2, 0.25) is 0 Å². The number of piperidine rings is 1. The van der Waals surface area contributed by atoms with Gasteiger partial charge in [-0.2, -0.15) is 0 Å². The van der Waals surface area contributed by atoms with E-state index in [1.54, 1.807) is 18.2 Å². The lowest BCUT2D eigenvalue weighted by atomic mass is 10.0. The third kappa shape index (κ3) is 6.47. The van der Waals surface area contributed by atoms with Gasteiger partial charge in [-0.1, -0.05) is 34.1 Å². The Hall–Kier alpha value is -1.27. The molecule has 0 bridgehead atoms. The fourth-order valence-electron chi connectivity index (χ4n) is 3.03. The van der Waals surface area contributed by atoms with E-state index in [1.165, 1.54) is 5.56 Å². The van der Waals surface area contributed by atoms with Crippen LogP contribution in [0.5, 0.6) is 0 Å². The van der Waals surface area contributed by atoms with Gasteiger partial charge in [-0.05, 0) is 48.7 Å². The highest BCUT2D eigenvalue weighted by atomic mass is 79.9. The molecule has 2 aromatic carbocycles. The first-order chi connectivity index (χ1) is 11.6. The second-order valence-electron chi connectivity index (χ2n) is 6.28. The molecule has 1 heterocycles. The molecule has 4 nitrogen and oxygen atoms in total. The minimum atomic E-state index is -0.0336. The molecule has 7 heteroatoms. The van der Waals surface area contributed by atoms with Gasteiger partial charge in [-0.15, -0.1) is 24.8 Å². The van der Waals surface area contributed by atoms with E-state index in [2.05, 4.69) is 50.4 Å². The quantitative estimate of drug-likeness (QED) is 0.669. The Morgan fingerprint density at radius 3 is 2.38 bits per heavy atom. The van der Waals surface area contributed by atoms with E-state index in [-0.39, 0.29) is 36.8 Å². The SMILES string of the molecule is Cl.Cl.Nc1cccc(C(=O)NC2CCN(Cc3ccc(Br)cc3)CC2)c1. The molecule has 0 saturated carbocycles. The van der Waals surface area contributed by atoms with Crippen molar-refractivity contribution >= 4 is 52.3 Å². The normalized spacial score (nSPS) is 14.8. The Balaban J connectivity index is 0.00000169. The largest absolute Gasteiger partial charge is 0.399 e. The number of nitrogens with two attached hydrogens (primary N) is 1. The lowest BCUT2D eigenvalue weighted by molar-refractivity contribution is 0.0909. The van der Waals surface area contributed by atoms with E-state index in [0.717, 1.165) is 36.9 Å². The van der Waals surface area contributed by atoms with Crippen molar-refractivity contribution in [3.8, 4) is 0 Å². The molecule has 26 heavy (non-hydrogen) atoms. The summed E-state index contributed by atoms with van der Waals surface area (Å²) in [4.78, 5) is 14.7. The smallest absolute Gasteiger partial charge is 0.251 e. The van der Waals surface area contributed by atoms with Crippen LogP contribution >= 0.6 is 40.7 Å². The number of carbonyl (C=O) groups is 1. The monoisotopic (exact) mass is 459 g/mol. The van der Waals surface area contributed by atoms with Crippen LogP contribution in [0.15, 0.2) is 53.0 Å². The van der Waals surface area contributed by atoms with Crippen LogP contribution in [0.1, 0.15) is 28.8 Å². The second-order valence-corrected chi connectivity index (χ2v) is 7.19. The molecule has 1 saturated heterocycles. The first kappa shape index (κ1) is 22.8. The lowest BCUT2D eigenvalue weighted by Gasteiger charge is -2.32. The van der Waals surface area contributed by atoms with Crippen molar-refractivity contribution in [2.45, 2.75) is 25.4 Å². The molecule has 0 spiro atoms. The summed E-state index contributed by atoms with van der Waals surface area (Å²) < 4.78 is 1.11. The number of rotatable bonds is 4. The van der Waals surface area contributed by atoms with Gasteiger partial charge in [0.1, 0.15) is 0 Å². The van der Waals surface area contributed by atoms with Crippen LogP contribution in [-0.4, -0.2) is 29.9 Å². The number of carbonyl (C=O) groups excluding carboxylic acids is 1. The summed E-state index contributed by atoms with van der Waals surface area (Å²) in [5.41, 5.74) is 8.31. The molecule has 1 fully saturated rings. The molecular formula is C19H24BrCl2N3O. The van der Waals surface area contributed by atoms with Crippen LogP contribution in [0.3, 0.4) is 0 Å². The Labute approximate surface area is 175 Å². The Morgan fingerprint density at radius 1 is 1.12 bits per heavy atom. The molecule has 3 N–H and O–H groups in total. The molecule has 0 aromatic heterocycles. The van der Waals surface area contributed by atoms with Crippen molar-refractivity contribution < 1.29 is 4.79 Å². The number of nitrogens with zero attached hydrogens (tertiary/aromatic N) is 1. The minimum absolute atomic E-state index is 0. The number of hydrogen-bond acceptors (Lipinski definition) is 3. The number of nitrogens with one attached hydrogen (secondary N) is 1. The zero-order chi connectivity index (χ0) is 16.9. The predicted octanol–water partition coefficient (Wildman–Crippen LogP) is 4.27. The number of benzene rings is 2.